The first-order valence-electron chi connectivity index (χ1n) is 33.2. The van der Waals surface area contributed by atoms with Crippen LogP contribution in [0.5, 0.6) is 0 Å². The number of nitrogens with two attached hydrogens (primary N) is 2. The molecule has 33 heteroatoms. The molecule has 0 aliphatic heterocycles. The van der Waals surface area contributed by atoms with Gasteiger partial charge in [0.1, 0.15) is 26.4 Å². The minimum Gasteiger partial charge on any atom is -0.411 e. The lowest BCUT2D eigenvalue weighted by molar-refractivity contribution is -0.127. The molecule has 16 N–H and O–H groups in total. The van der Waals surface area contributed by atoms with E-state index in [9.17, 15) is 53.6 Å². The molecule has 0 radical (unpaired) electrons. The Labute approximate surface area is 532 Å². The van der Waals surface area contributed by atoms with Crippen molar-refractivity contribution in [3.8, 4) is 0 Å². The van der Waals surface area contributed by atoms with Gasteiger partial charge in [-0.3, -0.25) is 43.2 Å². The molecule has 0 unspecified atom stereocenters. The van der Waals surface area contributed by atoms with Crippen LogP contribution >= 0.6 is 0 Å². The molecule has 0 aliphatic rings. The number of rotatable bonds is 59. The van der Waals surface area contributed by atoms with E-state index in [1.165, 1.54) is 0 Å². The van der Waals surface area contributed by atoms with Gasteiger partial charge in [-0.05, 0) is 73.6 Å². The van der Waals surface area contributed by atoms with Crippen LogP contribution < -0.4 is 64.6 Å². The highest BCUT2D eigenvalue weighted by atomic mass is 16.5. The van der Waals surface area contributed by atoms with Crippen molar-refractivity contribution in [3.63, 3.8) is 0 Å². The van der Waals surface area contributed by atoms with Crippen LogP contribution in [0, 0.1) is 5.92 Å². The molecule has 0 aliphatic carbocycles. The molecule has 89 heavy (non-hydrogen) atoms. The largest absolute Gasteiger partial charge is 0.411 e. The Hall–Kier alpha value is -6.27. The third-order valence-electron chi connectivity index (χ3n) is 13.2. The molecular formula is C56H112N14O19. The Balaban J connectivity index is -0.00000669. The summed E-state index contributed by atoms with van der Waals surface area (Å²) in [6, 6.07) is -0.390. The fraction of sp³-hybridized carbons (Fsp3) is 0.804. The highest BCUT2D eigenvalue weighted by molar-refractivity contribution is 5.90. The quantitative estimate of drug-likeness (QED) is 0.00985. The van der Waals surface area contributed by atoms with Crippen molar-refractivity contribution in [2.75, 3.05) is 165 Å². The lowest BCUT2D eigenvalue weighted by atomic mass is 9.97. The van der Waals surface area contributed by atoms with Gasteiger partial charge < -0.3 is 113 Å². The molecule has 0 heterocycles. The standard InChI is InChI=1S/C56H106N14O19.3H2/c1-42(69-80)55(3,4)66-35-45(36-67-56(5,6)43(2)70-81)68-49(74)15-10-14-46(71)59-17-8-7-11-44(54(58)79)16-18-60-50(75)37-86-31-29-84-25-21-63-51(76)38-87-32-27-82-23-19-61-47(72)12-9-13-48(73)62-20-24-83-28-33-88-39-52(77)64-22-26-85-30-34-89-40-53(78)65-41-57;;;/h44-45,66-67,80-81H,7-41,57H2,1-6H3,(H2,58,79)(H,59,71)(H,60,75)(H,61,72)(H,62,73)(H,63,76)(H,64,77)(H,65,78)(H,68,74);3*1H/b69-42-,70-43-;;;/t44-;;;/m1.../s1/i;3*1+1D. The molecule has 0 aromatic heterocycles. The maximum absolute atomic E-state index is 12.9. The minimum absolute atomic E-state index is 0.0408. The maximum atomic E-state index is 12.9. The first kappa shape index (κ1) is 77.0. The molecule has 33 nitrogen and oxygen atoms in total. The third kappa shape index (κ3) is 49.2. The van der Waals surface area contributed by atoms with Gasteiger partial charge in [0, 0.05) is 92.9 Å². The summed E-state index contributed by atoms with van der Waals surface area (Å²) >= 11 is 0. The van der Waals surface area contributed by atoms with E-state index < -0.39 is 22.9 Å². The summed E-state index contributed by atoms with van der Waals surface area (Å²) < 4.78 is 72.5. The summed E-state index contributed by atoms with van der Waals surface area (Å²) in [5.41, 5.74) is 10.4. The lowest BCUT2D eigenvalue weighted by Gasteiger charge is -2.32. The molecule has 0 aromatic rings. The van der Waals surface area contributed by atoms with Crippen molar-refractivity contribution in [1.29, 1.82) is 0 Å². The Kier molecular flexibility index (Phi) is 46.3. The van der Waals surface area contributed by atoms with Crippen molar-refractivity contribution in [1.82, 2.24) is 53.2 Å². The van der Waals surface area contributed by atoms with Gasteiger partial charge >= 0.3 is 0 Å². The predicted molar refractivity (Wildman–Crippen MR) is 333 cm³/mol. The number of primary amides is 1. The van der Waals surface area contributed by atoms with Crippen LogP contribution in [-0.4, -0.2) is 257 Å². The Morgan fingerprint density at radius 2 is 0.753 bits per heavy atom. The second kappa shape index (κ2) is 53.6. The smallest absolute Gasteiger partial charge is 0.246 e. The molecule has 9 amide bonds. The highest BCUT2D eigenvalue weighted by Gasteiger charge is 2.27. The van der Waals surface area contributed by atoms with Crippen molar-refractivity contribution >= 4 is 64.6 Å². The zero-order valence-corrected chi connectivity index (χ0v) is 53.3. The molecule has 0 saturated carbocycles. The van der Waals surface area contributed by atoms with Gasteiger partial charge in [0.25, 0.3) is 0 Å². The second-order valence-electron chi connectivity index (χ2n) is 21.3. The van der Waals surface area contributed by atoms with E-state index in [4.69, 9.17) is 58.3 Å². The predicted octanol–water partition coefficient (Wildman–Crippen LogP) is -2.49. The molecule has 0 aromatic carbocycles. The van der Waals surface area contributed by atoms with Crippen molar-refractivity contribution in [2.24, 2.45) is 27.7 Å². The van der Waals surface area contributed by atoms with Gasteiger partial charge in [-0.1, -0.05) is 16.7 Å². The topological polar surface area (TPSA) is 465 Å². The number of carbonyl (C=O) groups excluding carboxylic acids is 9. The van der Waals surface area contributed by atoms with Crippen molar-refractivity contribution < 1.29 is 100 Å². The van der Waals surface area contributed by atoms with Gasteiger partial charge in [-0.25, -0.2) is 0 Å². The van der Waals surface area contributed by atoms with E-state index in [1.54, 1.807) is 13.8 Å². The van der Waals surface area contributed by atoms with E-state index >= 15 is 0 Å². The molecule has 520 valence electrons. The number of hydrogen-bond acceptors (Lipinski definition) is 24. The van der Waals surface area contributed by atoms with E-state index in [-0.39, 0.29) is 224 Å². The van der Waals surface area contributed by atoms with Crippen molar-refractivity contribution in [2.45, 2.75) is 123 Å². The van der Waals surface area contributed by atoms with E-state index in [1.807, 2.05) is 27.7 Å². The first-order chi connectivity index (χ1) is 45.6. The average molecular weight is 1290 g/mol. The molecule has 1 atom stereocenters. The SMILES string of the molecule is C/C(=N/O)C(C)(C)NCC(CNC(C)(C)/C(C)=N\O)NC(=O)CCCC(=O)NCCCC[C@H](CCNC(=O)COCCOCCNC(=O)COCCOCCNC(=O)CCCC(=O)NCCOCCOCC(=O)NCCOCCOCC(=O)NCN)C(N)=O.[2H][2H].[2H][2H].[2H][2H]. The number of unbranched alkanes of at least 4 members (excludes halogenated alkanes) is 1. The normalized spacial score (nSPS) is 12.8. The van der Waals surface area contributed by atoms with Crippen LogP contribution in [-0.2, 0) is 81.0 Å². The van der Waals surface area contributed by atoms with Crippen LogP contribution in [0.15, 0.2) is 10.3 Å². The summed E-state index contributed by atoms with van der Waals surface area (Å²) in [4.78, 5) is 109. The summed E-state index contributed by atoms with van der Waals surface area (Å²) in [6.45, 7) is 15.0. The van der Waals surface area contributed by atoms with E-state index in [0.29, 0.717) is 69.6 Å². The molecular weight excluding hydrogens is 1170 g/mol. The van der Waals surface area contributed by atoms with Crippen LogP contribution in [0.3, 0.4) is 0 Å². The Morgan fingerprint density at radius 1 is 0.427 bits per heavy atom. The lowest BCUT2D eigenvalue weighted by Crippen LogP contribution is -2.57. The summed E-state index contributed by atoms with van der Waals surface area (Å²) in [7, 11) is 0. The van der Waals surface area contributed by atoms with Gasteiger partial charge in [-0.15, -0.1) is 0 Å². The minimum atomic E-state index is -0.652. The third-order valence-corrected chi connectivity index (χ3v) is 13.2. The maximum Gasteiger partial charge on any atom is 0.246 e. The molecule has 0 fully saturated rings. The molecule has 0 rings (SSSR count). The molecule has 0 spiro atoms. The number of carbonyl (C=O) groups is 9. The number of nitrogens with zero attached hydrogens (tertiary/aromatic N) is 2. The number of oxime groups is 2. The van der Waals surface area contributed by atoms with Gasteiger partial charge in [0.05, 0.1) is 114 Å². The van der Waals surface area contributed by atoms with Crippen LogP contribution in [0.4, 0.5) is 0 Å². The Morgan fingerprint density at radius 3 is 1.11 bits per heavy atom. The van der Waals surface area contributed by atoms with Crippen LogP contribution in [0.1, 0.15) is 115 Å². The molecule has 0 saturated heterocycles. The van der Waals surface area contributed by atoms with Gasteiger partial charge in [0.2, 0.25) is 53.2 Å². The highest BCUT2D eigenvalue weighted by Crippen LogP contribution is 2.12. The zero-order chi connectivity index (χ0) is 72.4. The number of amides is 9. The summed E-state index contributed by atoms with van der Waals surface area (Å²) in [6.07, 6.45) is 3.30. The van der Waals surface area contributed by atoms with Crippen LogP contribution in [0.25, 0.3) is 0 Å². The van der Waals surface area contributed by atoms with Crippen LogP contribution in [0.2, 0.25) is 0 Å². The fourth-order valence-corrected chi connectivity index (χ4v) is 7.29. The average Bonchev–Trinajstić information content (AvgIpc) is 0.943. The fourth-order valence-electron chi connectivity index (χ4n) is 7.29. The summed E-state index contributed by atoms with van der Waals surface area (Å²) in [5.74, 6) is -3.19. The monoisotopic (exact) mass is 1290 g/mol. The number of nitrogens with one attached hydrogen (secondary N) is 10. The van der Waals surface area contributed by atoms with E-state index in [0.717, 1.165) is 0 Å². The molecule has 0 bridgehead atoms. The number of hydrogen-bond donors (Lipinski definition) is 14. The summed E-state index contributed by atoms with van der Waals surface area (Å²) in [5, 5.41) is 53.3. The van der Waals surface area contributed by atoms with Gasteiger partial charge in [-0.2, -0.15) is 0 Å². The van der Waals surface area contributed by atoms with Crippen molar-refractivity contribution in [3.05, 3.63) is 0 Å². The second-order valence-corrected chi connectivity index (χ2v) is 21.3. The van der Waals surface area contributed by atoms with E-state index in [2.05, 4.69) is 63.5 Å². The Bertz CT molecular complexity index is 2070. The zero-order valence-electron chi connectivity index (χ0n) is 59.3. The van der Waals surface area contributed by atoms with Gasteiger partial charge in [0.15, 0.2) is 0 Å². The first-order valence-corrected chi connectivity index (χ1v) is 30.2. The number of ether oxygens (including phenoxy) is 8.